The third-order valence-electron chi connectivity index (χ3n) is 1.53. The molecular weight excluding hydrogens is 194 g/mol. The summed E-state index contributed by atoms with van der Waals surface area (Å²) in [4.78, 5) is 17.4. The van der Waals surface area contributed by atoms with Crippen molar-refractivity contribution in [2.45, 2.75) is 0 Å². The Labute approximate surface area is 75.0 Å². The van der Waals surface area contributed by atoms with Gasteiger partial charge in [0, 0.05) is 0 Å². The van der Waals surface area contributed by atoms with Crippen molar-refractivity contribution in [2.75, 3.05) is 0 Å². The van der Waals surface area contributed by atoms with Gasteiger partial charge in [0.05, 0.1) is 5.30 Å². The molecule has 13 heavy (non-hydrogen) atoms. The van der Waals surface area contributed by atoms with Crippen LogP contribution < -0.4 is 10.8 Å². The average Bonchev–Trinajstić information content (AvgIpc) is 2.03. The van der Waals surface area contributed by atoms with Crippen LogP contribution in [0.15, 0.2) is 24.3 Å². The van der Waals surface area contributed by atoms with Gasteiger partial charge >= 0.3 is 14.7 Å². The molecule has 0 aliphatic carbocycles. The van der Waals surface area contributed by atoms with Crippen LogP contribution in [-0.4, -0.2) is 27.0 Å². The van der Waals surface area contributed by atoms with Crippen molar-refractivity contribution in [3.63, 3.8) is 0 Å². The van der Waals surface area contributed by atoms with Gasteiger partial charge in [-0.15, -0.1) is 0 Å². The smallest absolute Gasteiger partial charge is 0.423 e. The van der Waals surface area contributed by atoms with E-state index >= 15 is 0 Å². The van der Waals surface area contributed by atoms with Gasteiger partial charge in [0.15, 0.2) is 0 Å². The summed E-state index contributed by atoms with van der Waals surface area (Å²) in [5.74, 6) is 0. The van der Waals surface area contributed by atoms with E-state index in [1.165, 1.54) is 12.1 Å². The molecule has 0 aliphatic rings. The second-order valence-corrected chi connectivity index (χ2v) is 4.11. The largest absolute Gasteiger partial charge is 0.488 e. The minimum Gasteiger partial charge on any atom is -0.423 e. The number of rotatable bonds is 2. The molecule has 4 N–H and O–H groups in total. The lowest BCUT2D eigenvalue weighted by molar-refractivity contribution is 0.387. The average molecular weight is 202 g/mol. The first-order valence-corrected chi connectivity index (χ1v) is 5.04. The fourth-order valence-electron chi connectivity index (χ4n) is 0.841. The quantitative estimate of drug-likeness (QED) is 0.334. The normalized spacial score (nSPS) is 11.4. The number of hydrogen-bond donors (Lipinski definition) is 4. The summed E-state index contributed by atoms with van der Waals surface area (Å²) in [6.45, 7) is 0. The van der Waals surface area contributed by atoms with E-state index in [-0.39, 0.29) is 10.8 Å². The second-order valence-electron chi connectivity index (χ2n) is 2.51. The molecule has 1 rings (SSSR count). The lowest BCUT2D eigenvalue weighted by Crippen LogP contribution is -2.30. The Hall–Kier alpha value is -0.645. The zero-order valence-corrected chi connectivity index (χ0v) is 7.43. The van der Waals surface area contributed by atoms with Crippen LogP contribution in [-0.2, 0) is 4.57 Å². The van der Waals surface area contributed by atoms with Crippen molar-refractivity contribution in [3.8, 4) is 0 Å². The fourth-order valence-corrected chi connectivity index (χ4v) is 1.38. The summed E-state index contributed by atoms with van der Waals surface area (Å²) in [5, 5.41) is 17.2. The number of hydrogen-bond acceptors (Lipinski definition) is 3. The minimum absolute atomic E-state index is 0.142. The maximum atomic E-state index is 10.7. The highest BCUT2D eigenvalue weighted by atomic mass is 31.2. The van der Waals surface area contributed by atoms with Crippen LogP contribution in [0, 0.1) is 0 Å². The molecule has 1 aromatic carbocycles. The van der Waals surface area contributed by atoms with Gasteiger partial charge in [-0.25, -0.2) is 0 Å². The van der Waals surface area contributed by atoms with E-state index in [1.54, 1.807) is 0 Å². The van der Waals surface area contributed by atoms with Gasteiger partial charge in [-0.05, 0) is 17.6 Å². The lowest BCUT2D eigenvalue weighted by Gasteiger charge is -2.04. The highest BCUT2D eigenvalue weighted by Gasteiger charge is 2.18. The molecule has 0 radical (unpaired) electrons. The molecule has 70 valence electrons. The van der Waals surface area contributed by atoms with E-state index in [0.717, 1.165) is 12.1 Å². The summed E-state index contributed by atoms with van der Waals surface area (Å²) in [7, 11) is -5.85. The van der Waals surface area contributed by atoms with Gasteiger partial charge in [0.2, 0.25) is 0 Å². The zero-order valence-electron chi connectivity index (χ0n) is 6.53. The van der Waals surface area contributed by atoms with E-state index < -0.39 is 14.7 Å². The molecular formula is C6H8BO5P. The molecule has 0 bridgehead atoms. The standard InChI is InChI=1S/C6H8BO5P/c8-7(9)5-1-3-6(4-2-5)13(10,11)12/h1-4,8-9H,(H2,10,11,12). The van der Waals surface area contributed by atoms with E-state index in [1.807, 2.05) is 0 Å². The van der Waals surface area contributed by atoms with Crippen LogP contribution in [0.2, 0.25) is 0 Å². The highest BCUT2D eigenvalue weighted by Crippen LogP contribution is 2.32. The summed E-state index contributed by atoms with van der Waals surface area (Å²) < 4.78 is 10.7. The van der Waals surface area contributed by atoms with E-state index in [2.05, 4.69) is 0 Å². The molecule has 0 amide bonds. The lowest BCUT2D eigenvalue weighted by atomic mass is 9.81. The maximum Gasteiger partial charge on any atom is 0.488 e. The van der Waals surface area contributed by atoms with E-state index in [0.29, 0.717) is 0 Å². The first-order chi connectivity index (χ1) is 5.91. The van der Waals surface area contributed by atoms with Crippen molar-refractivity contribution in [1.82, 2.24) is 0 Å². The van der Waals surface area contributed by atoms with Crippen molar-refractivity contribution < 1.29 is 24.4 Å². The van der Waals surface area contributed by atoms with Gasteiger partial charge in [-0.3, -0.25) is 4.57 Å². The van der Waals surface area contributed by atoms with Crippen LogP contribution in [0.4, 0.5) is 0 Å². The van der Waals surface area contributed by atoms with Crippen LogP contribution in [0.1, 0.15) is 0 Å². The fraction of sp³-hybridized carbons (Fsp3) is 0. The molecule has 5 nitrogen and oxygen atoms in total. The van der Waals surface area contributed by atoms with Crippen molar-refractivity contribution >= 4 is 25.5 Å². The van der Waals surface area contributed by atoms with E-state index in [9.17, 15) is 4.57 Å². The Morgan fingerprint density at radius 2 is 1.54 bits per heavy atom. The van der Waals surface area contributed by atoms with Crippen molar-refractivity contribution in [1.29, 1.82) is 0 Å². The molecule has 0 saturated heterocycles. The van der Waals surface area contributed by atoms with Crippen molar-refractivity contribution in [3.05, 3.63) is 24.3 Å². The monoisotopic (exact) mass is 202 g/mol. The molecule has 0 fully saturated rings. The van der Waals surface area contributed by atoms with Crippen LogP contribution in [0.3, 0.4) is 0 Å². The summed E-state index contributed by atoms with van der Waals surface area (Å²) >= 11 is 0. The Morgan fingerprint density at radius 1 is 1.08 bits per heavy atom. The van der Waals surface area contributed by atoms with E-state index in [4.69, 9.17) is 19.8 Å². The Bertz CT molecular complexity index is 329. The molecule has 0 saturated carbocycles. The topological polar surface area (TPSA) is 98.0 Å². The Kier molecular flexibility index (Phi) is 2.90. The molecule has 1 aromatic rings. The predicted molar refractivity (Wildman–Crippen MR) is 47.9 cm³/mol. The maximum absolute atomic E-state index is 10.7. The molecule has 7 heteroatoms. The first kappa shape index (κ1) is 10.4. The first-order valence-electron chi connectivity index (χ1n) is 3.43. The highest BCUT2D eigenvalue weighted by molar-refractivity contribution is 7.60. The molecule has 0 aliphatic heterocycles. The van der Waals surface area contributed by atoms with Crippen LogP contribution in [0.5, 0.6) is 0 Å². The van der Waals surface area contributed by atoms with Crippen molar-refractivity contribution in [2.24, 2.45) is 0 Å². The van der Waals surface area contributed by atoms with Gasteiger partial charge in [-0.1, -0.05) is 12.1 Å². The van der Waals surface area contributed by atoms with Gasteiger partial charge in [0.1, 0.15) is 0 Å². The molecule has 0 atom stereocenters. The molecule has 0 aromatic heterocycles. The van der Waals surface area contributed by atoms with Gasteiger partial charge < -0.3 is 19.8 Å². The summed E-state index contributed by atoms with van der Waals surface area (Å²) in [6.07, 6.45) is 0. The SMILES string of the molecule is O=P(O)(O)c1ccc(B(O)O)cc1. The zero-order chi connectivity index (χ0) is 10.1. The van der Waals surface area contributed by atoms with Crippen LogP contribution >= 0.6 is 7.60 Å². The number of benzene rings is 1. The third kappa shape index (κ3) is 2.65. The predicted octanol–water partition coefficient (Wildman–Crippen LogP) is -1.83. The summed E-state index contributed by atoms with van der Waals surface area (Å²) in [5.41, 5.74) is 0.192. The minimum atomic E-state index is -4.23. The van der Waals surface area contributed by atoms with Gasteiger partial charge in [-0.2, -0.15) is 0 Å². The third-order valence-corrected chi connectivity index (χ3v) is 2.50. The molecule has 0 spiro atoms. The Balaban J connectivity index is 3.01. The summed E-state index contributed by atoms with van der Waals surface area (Å²) in [6, 6.07) is 4.82. The van der Waals surface area contributed by atoms with Gasteiger partial charge in [0.25, 0.3) is 0 Å². The molecule has 0 unspecified atom stereocenters. The second kappa shape index (κ2) is 3.61. The van der Waals surface area contributed by atoms with Crippen LogP contribution in [0.25, 0.3) is 0 Å². The Morgan fingerprint density at radius 3 is 1.85 bits per heavy atom. The molecule has 0 heterocycles.